The van der Waals surface area contributed by atoms with Crippen LogP contribution in [0.3, 0.4) is 0 Å². The average Bonchev–Trinajstić information content (AvgIpc) is 3.83. The fourth-order valence-corrected chi connectivity index (χ4v) is 9.45. The molecule has 3 aromatic heterocycles. The van der Waals surface area contributed by atoms with Crippen molar-refractivity contribution in [2.75, 3.05) is 0 Å². The second kappa shape index (κ2) is 10.2. The van der Waals surface area contributed by atoms with E-state index in [4.69, 9.17) is 0 Å². The number of fused-ring (bicyclic) bond motifs is 13. The minimum atomic E-state index is 1.18. The molecular weight excluding hydrogens is 613 g/mol. The highest BCUT2D eigenvalue weighted by Gasteiger charge is 2.22. The lowest BCUT2D eigenvalue weighted by Crippen LogP contribution is -1.94. The number of thiophene rings is 1. The van der Waals surface area contributed by atoms with E-state index >= 15 is 0 Å². The van der Waals surface area contributed by atoms with Gasteiger partial charge in [-0.25, -0.2) is 0 Å². The van der Waals surface area contributed by atoms with Gasteiger partial charge in [0.2, 0.25) is 0 Å². The van der Waals surface area contributed by atoms with Crippen molar-refractivity contribution in [1.82, 2.24) is 9.13 Å². The summed E-state index contributed by atoms with van der Waals surface area (Å²) in [5.41, 5.74) is 9.73. The molecule has 0 N–H and O–H groups in total. The Morgan fingerprint density at radius 3 is 1.61 bits per heavy atom. The number of hydrogen-bond acceptors (Lipinski definition) is 1. The molecule has 0 unspecified atom stereocenters. The third-order valence-electron chi connectivity index (χ3n) is 10.3. The lowest BCUT2D eigenvalue weighted by atomic mass is 9.97. The molecule has 11 rings (SSSR count). The molecule has 49 heavy (non-hydrogen) atoms. The van der Waals surface area contributed by atoms with E-state index < -0.39 is 0 Å². The maximum absolute atomic E-state index is 2.49. The van der Waals surface area contributed by atoms with E-state index in [1.807, 2.05) is 11.3 Å². The normalized spacial score (nSPS) is 12.1. The Balaban J connectivity index is 1.26. The number of para-hydroxylation sites is 3. The Labute approximate surface area is 286 Å². The molecule has 2 nitrogen and oxygen atoms in total. The summed E-state index contributed by atoms with van der Waals surface area (Å²) in [6.45, 7) is 0. The SMILES string of the molecule is c1ccc(-n2c3ccccc3c3cc(-c4ccc5c(c4)c4c6c7ccccc7sc6c6ccccc6c4n5-c4ccccc4)ccc32)cc1. The predicted molar refractivity (Wildman–Crippen MR) is 211 cm³/mol. The van der Waals surface area contributed by atoms with Crippen LogP contribution in [0.5, 0.6) is 0 Å². The molecule has 0 aliphatic carbocycles. The van der Waals surface area contributed by atoms with Crippen molar-refractivity contribution in [3.8, 4) is 22.5 Å². The Kier molecular flexibility index (Phi) is 5.57. The Morgan fingerprint density at radius 2 is 0.878 bits per heavy atom. The number of hydrogen-bond donors (Lipinski definition) is 0. The minimum absolute atomic E-state index is 1.18. The van der Waals surface area contributed by atoms with Crippen LogP contribution in [-0.2, 0) is 0 Å². The molecule has 3 heteroatoms. The first-order valence-electron chi connectivity index (χ1n) is 16.8. The van der Waals surface area contributed by atoms with Crippen molar-refractivity contribution >= 4 is 85.9 Å². The van der Waals surface area contributed by atoms with Gasteiger partial charge >= 0.3 is 0 Å². The summed E-state index contributed by atoms with van der Waals surface area (Å²) >= 11 is 1.91. The smallest absolute Gasteiger partial charge is 0.0626 e. The van der Waals surface area contributed by atoms with E-state index in [9.17, 15) is 0 Å². The fourth-order valence-electron chi connectivity index (χ4n) is 8.20. The van der Waals surface area contributed by atoms with Gasteiger partial charge in [-0.1, -0.05) is 109 Å². The summed E-state index contributed by atoms with van der Waals surface area (Å²) in [6, 6.07) is 62.2. The van der Waals surface area contributed by atoms with Crippen LogP contribution in [0.15, 0.2) is 170 Å². The molecule has 0 aliphatic rings. The summed E-state index contributed by atoms with van der Waals surface area (Å²) in [6.07, 6.45) is 0. The van der Waals surface area contributed by atoms with E-state index in [1.165, 1.54) is 97.1 Å². The van der Waals surface area contributed by atoms with Crippen LogP contribution in [0.1, 0.15) is 0 Å². The zero-order chi connectivity index (χ0) is 32.1. The second-order valence-corrected chi connectivity index (χ2v) is 13.9. The van der Waals surface area contributed by atoms with E-state index in [0.717, 1.165) is 0 Å². The first kappa shape index (κ1) is 26.9. The van der Waals surface area contributed by atoms with E-state index in [2.05, 4.69) is 179 Å². The Hall–Kier alpha value is -6.16. The molecule has 0 atom stereocenters. The molecule has 0 amide bonds. The molecule has 8 aromatic carbocycles. The van der Waals surface area contributed by atoms with Gasteiger partial charge in [-0.3, -0.25) is 0 Å². The van der Waals surface area contributed by atoms with E-state index in [-0.39, 0.29) is 0 Å². The third kappa shape index (κ3) is 3.76. The zero-order valence-corrected chi connectivity index (χ0v) is 27.3. The van der Waals surface area contributed by atoms with Gasteiger partial charge in [0.05, 0.1) is 22.1 Å². The van der Waals surface area contributed by atoms with Crippen molar-refractivity contribution in [2.45, 2.75) is 0 Å². The van der Waals surface area contributed by atoms with Crippen LogP contribution < -0.4 is 0 Å². The van der Waals surface area contributed by atoms with Gasteiger partial charge in [-0.15, -0.1) is 11.3 Å². The molecule has 0 spiro atoms. The minimum Gasteiger partial charge on any atom is -0.309 e. The molecule has 11 aromatic rings. The maximum atomic E-state index is 2.49. The summed E-state index contributed by atoms with van der Waals surface area (Å²) in [5.74, 6) is 0. The van der Waals surface area contributed by atoms with Gasteiger partial charge in [0.15, 0.2) is 0 Å². The third-order valence-corrected chi connectivity index (χ3v) is 11.5. The zero-order valence-electron chi connectivity index (χ0n) is 26.5. The van der Waals surface area contributed by atoms with Gasteiger partial charge in [0, 0.05) is 63.9 Å². The molecule has 0 radical (unpaired) electrons. The number of benzene rings is 8. The van der Waals surface area contributed by atoms with Crippen molar-refractivity contribution in [2.24, 2.45) is 0 Å². The Morgan fingerprint density at radius 1 is 0.347 bits per heavy atom. The molecule has 0 bridgehead atoms. The number of nitrogens with zero attached hydrogens (tertiary/aromatic N) is 2. The molecule has 228 valence electrons. The van der Waals surface area contributed by atoms with Gasteiger partial charge in [-0.05, 0) is 71.8 Å². The number of aromatic nitrogens is 2. The van der Waals surface area contributed by atoms with Crippen LogP contribution in [-0.4, -0.2) is 9.13 Å². The highest BCUT2D eigenvalue weighted by molar-refractivity contribution is 7.27. The molecule has 0 saturated heterocycles. The lowest BCUT2D eigenvalue weighted by Gasteiger charge is -2.11. The van der Waals surface area contributed by atoms with Crippen molar-refractivity contribution in [3.05, 3.63) is 170 Å². The van der Waals surface area contributed by atoms with Gasteiger partial charge in [0.1, 0.15) is 0 Å². The summed E-state index contributed by atoms with van der Waals surface area (Å²) in [4.78, 5) is 0. The summed E-state index contributed by atoms with van der Waals surface area (Å²) in [5, 5.41) is 10.4. The largest absolute Gasteiger partial charge is 0.309 e. The van der Waals surface area contributed by atoms with Crippen molar-refractivity contribution < 1.29 is 0 Å². The van der Waals surface area contributed by atoms with Gasteiger partial charge in [0.25, 0.3) is 0 Å². The summed E-state index contributed by atoms with van der Waals surface area (Å²) in [7, 11) is 0. The monoisotopic (exact) mass is 640 g/mol. The van der Waals surface area contributed by atoms with Crippen LogP contribution >= 0.6 is 11.3 Å². The fraction of sp³-hybridized carbons (Fsp3) is 0. The van der Waals surface area contributed by atoms with Crippen LogP contribution in [0.4, 0.5) is 0 Å². The molecular formula is C46H28N2S. The van der Waals surface area contributed by atoms with Crippen LogP contribution in [0.25, 0.3) is 97.1 Å². The highest BCUT2D eigenvalue weighted by Crippen LogP contribution is 2.48. The van der Waals surface area contributed by atoms with Gasteiger partial charge in [-0.2, -0.15) is 0 Å². The molecule has 0 saturated carbocycles. The first-order valence-corrected chi connectivity index (χ1v) is 17.6. The van der Waals surface area contributed by atoms with Crippen LogP contribution in [0.2, 0.25) is 0 Å². The molecule has 0 aliphatic heterocycles. The average molecular weight is 641 g/mol. The van der Waals surface area contributed by atoms with Crippen molar-refractivity contribution in [3.63, 3.8) is 0 Å². The second-order valence-electron chi connectivity index (χ2n) is 12.9. The number of rotatable bonds is 3. The van der Waals surface area contributed by atoms with Gasteiger partial charge < -0.3 is 9.13 Å². The standard InChI is InChI=1S/C46H28N2S/c1-3-13-31(14-4-1)47-39-21-11-9-17-33(39)37-27-29(23-25-40(37)47)30-24-26-41-38(28-30)43-44-36-20-10-12-22-42(36)49-46(44)35-19-8-7-18-34(35)45(43)48(41)32-15-5-2-6-16-32/h1-28H. The van der Waals surface area contributed by atoms with E-state index in [1.54, 1.807) is 0 Å². The molecule has 3 heterocycles. The topological polar surface area (TPSA) is 9.86 Å². The quantitative estimate of drug-likeness (QED) is 0.182. The first-order chi connectivity index (χ1) is 24.3. The lowest BCUT2D eigenvalue weighted by molar-refractivity contribution is 1.18. The summed E-state index contributed by atoms with van der Waals surface area (Å²) < 4.78 is 7.55. The highest BCUT2D eigenvalue weighted by atomic mass is 32.1. The predicted octanol–water partition coefficient (Wildman–Crippen LogP) is 13.1. The molecule has 0 fully saturated rings. The van der Waals surface area contributed by atoms with Crippen molar-refractivity contribution in [1.29, 1.82) is 0 Å². The van der Waals surface area contributed by atoms with Crippen LogP contribution in [0, 0.1) is 0 Å². The Bertz CT molecular complexity index is 3090. The maximum Gasteiger partial charge on any atom is 0.0626 e. The van der Waals surface area contributed by atoms with E-state index in [0.29, 0.717) is 0 Å².